The maximum absolute atomic E-state index is 12.9. The van der Waals surface area contributed by atoms with E-state index in [4.69, 9.17) is 4.74 Å². The summed E-state index contributed by atoms with van der Waals surface area (Å²) in [6.45, 7) is 5.11. The van der Waals surface area contributed by atoms with Crippen LogP contribution in [0.1, 0.15) is 34.5 Å². The van der Waals surface area contributed by atoms with Crippen LogP contribution < -0.4 is 5.32 Å². The summed E-state index contributed by atoms with van der Waals surface area (Å²) in [5.41, 5.74) is 2.08. The Labute approximate surface area is 160 Å². The molecule has 2 aromatic rings. The van der Waals surface area contributed by atoms with Gasteiger partial charge < -0.3 is 10.1 Å². The predicted octanol–water partition coefficient (Wildman–Crippen LogP) is 2.51. The molecular formula is C20H24N2O4S. The number of hydrogen-bond donors (Lipinski definition) is 1. The predicted molar refractivity (Wildman–Crippen MR) is 103 cm³/mol. The molecule has 1 unspecified atom stereocenters. The van der Waals surface area contributed by atoms with Crippen LogP contribution in [0.3, 0.4) is 0 Å². The van der Waals surface area contributed by atoms with Crippen molar-refractivity contribution in [1.29, 1.82) is 0 Å². The number of ether oxygens (including phenoxy) is 1. The second kappa shape index (κ2) is 8.21. The van der Waals surface area contributed by atoms with Crippen LogP contribution in [-0.2, 0) is 14.8 Å². The highest BCUT2D eigenvalue weighted by Crippen LogP contribution is 2.21. The third-order valence-electron chi connectivity index (χ3n) is 4.71. The number of rotatable bonds is 5. The van der Waals surface area contributed by atoms with Crippen molar-refractivity contribution in [3.05, 3.63) is 65.2 Å². The molecule has 1 aliphatic heterocycles. The summed E-state index contributed by atoms with van der Waals surface area (Å²) in [5.74, 6) is -0.289. The number of carbonyl (C=O) groups excluding carboxylic acids is 1. The normalized spacial score (nSPS) is 16.7. The first-order valence-corrected chi connectivity index (χ1v) is 10.4. The van der Waals surface area contributed by atoms with Gasteiger partial charge in [-0.25, -0.2) is 8.42 Å². The van der Waals surface area contributed by atoms with E-state index in [2.05, 4.69) is 5.32 Å². The van der Waals surface area contributed by atoms with Gasteiger partial charge in [-0.05, 0) is 37.1 Å². The van der Waals surface area contributed by atoms with Gasteiger partial charge in [0.2, 0.25) is 10.0 Å². The van der Waals surface area contributed by atoms with E-state index in [9.17, 15) is 13.2 Å². The van der Waals surface area contributed by atoms with Crippen molar-refractivity contribution in [2.45, 2.75) is 24.8 Å². The molecule has 27 heavy (non-hydrogen) atoms. The van der Waals surface area contributed by atoms with Crippen LogP contribution in [0.25, 0.3) is 0 Å². The van der Waals surface area contributed by atoms with Crippen LogP contribution in [0, 0.1) is 6.92 Å². The molecule has 144 valence electrons. The van der Waals surface area contributed by atoms with Gasteiger partial charge in [-0.3, -0.25) is 4.79 Å². The van der Waals surface area contributed by atoms with E-state index in [1.54, 1.807) is 19.1 Å². The van der Waals surface area contributed by atoms with Crippen molar-refractivity contribution in [2.24, 2.45) is 0 Å². The van der Waals surface area contributed by atoms with Gasteiger partial charge in [-0.15, -0.1) is 0 Å². The van der Waals surface area contributed by atoms with Crippen LogP contribution in [-0.4, -0.2) is 44.9 Å². The maximum atomic E-state index is 12.9. The Bertz CT molecular complexity index is 907. The molecule has 0 aliphatic carbocycles. The van der Waals surface area contributed by atoms with Gasteiger partial charge in [-0.1, -0.05) is 36.4 Å². The zero-order chi connectivity index (χ0) is 19.4. The van der Waals surface area contributed by atoms with Crippen LogP contribution in [0.2, 0.25) is 0 Å². The van der Waals surface area contributed by atoms with Crippen LogP contribution in [0.4, 0.5) is 0 Å². The number of sulfonamides is 1. The summed E-state index contributed by atoms with van der Waals surface area (Å²) in [6, 6.07) is 14.1. The average molecular weight is 388 g/mol. The molecule has 7 heteroatoms. The summed E-state index contributed by atoms with van der Waals surface area (Å²) >= 11 is 0. The molecule has 6 nitrogen and oxygen atoms in total. The topological polar surface area (TPSA) is 75.7 Å². The Hall–Kier alpha value is -2.22. The first-order valence-electron chi connectivity index (χ1n) is 8.94. The van der Waals surface area contributed by atoms with Crippen molar-refractivity contribution in [3.63, 3.8) is 0 Å². The number of nitrogens with zero attached hydrogens (tertiary/aromatic N) is 1. The minimum Gasteiger partial charge on any atom is -0.379 e. The zero-order valence-electron chi connectivity index (χ0n) is 15.5. The number of nitrogens with one attached hydrogen (secondary N) is 1. The Morgan fingerprint density at radius 1 is 1.11 bits per heavy atom. The van der Waals surface area contributed by atoms with E-state index in [1.165, 1.54) is 10.4 Å². The summed E-state index contributed by atoms with van der Waals surface area (Å²) in [4.78, 5) is 12.9. The highest BCUT2D eigenvalue weighted by atomic mass is 32.2. The molecule has 0 spiro atoms. The van der Waals surface area contributed by atoms with E-state index >= 15 is 0 Å². The van der Waals surface area contributed by atoms with E-state index < -0.39 is 10.0 Å². The van der Waals surface area contributed by atoms with Gasteiger partial charge in [0.15, 0.2) is 0 Å². The quantitative estimate of drug-likeness (QED) is 0.854. The van der Waals surface area contributed by atoms with Crippen molar-refractivity contribution >= 4 is 15.9 Å². The number of carbonyl (C=O) groups is 1. The number of benzene rings is 2. The molecule has 0 saturated carbocycles. The van der Waals surface area contributed by atoms with Crippen molar-refractivity contribution in [1.82, 2.24) is 9.62 Å². The van der Waals surface area contributed by atoms with E-state index in [0.717, 1.165) is 11.1 Å². The Kier molecular flexibility index (Phi) is 5.94. The largest absolute Gasteiger partial charge is 0.379 e. The fourth-order valence-corrected chi connectivity index (χ4v) is 4.48. The lowest BCUT2D eigenvalue weighted by molar-refractivity contribution is 0.0730. The van der Waals surface area contributed by atoms with Crippen molar-refractivity contribution in [2.75, 3.05) is 26.3 Å². The van der Waals surface area contributed by atoms with Gasteiger partial charge in [0.05, 0.1) is 24.2 Å². The Morgan fingerprint density at radius 2 is 1.78 bits per heavy atom. The molecule has 0 aromatic heterocycles. The molecule has 1 heterocycles. The first-order chi connectivity index (χ1) is 12.9. The van der Waals surface area contributed by atoms with Crippen LogP contribution >= 0.6 is 0 Å². The van der Waals surface area contributed by atoms with Crippen LogP contribution in [0.15, 0.2) is 53.4 Å². The van der Waals surface area contributed by atoms with E-state index in [-0.39, 0.29) is 16.8 Å². The highest BCUT2D eigenvalue weighted by molar-refractivity contribution is 7.89. The standard InChI is InChI=1S/C20H24N2O4S/c1-15-8-9-18(27(24,25)22-10-12-26-13-11-22)14-19(15)20(23)21-16(2)17-6-4-3-5-7-17/h3-9,14,16H,10-13H2,1-2H3,(H,21,23). The third kappa shape index (κ3) is 4.37. The number of hydrogen-bond acceptors (Lipinski definition) is 4. The number of amides is 1. The van der Waals surface area contributed by atoms with Gasteiger partial charge in [0.25, 0.3) is 5.91 Å². The Morgan fingerprint density at radius 3 is 2.44 bits per heavy atom. The van der Waals surface area contributed by atoms with Crippen molar-refractivity contribution in [3.8, 4) is 0 Å². The molecule has 1 amide bonds. The minimum absolute atomic E-state index is 0.132. The molecule has 1 saturated heterocycles. The van der Waals surface area contributed by atoms with E-state index in [1.807, 2.05) is 37.3 Å². The fourth-order valence-electron chi connectivity index (χ4n) is 3.04. The maximum Gasteiger partial charge on any atom is 0.252 e. The molecule has 1 atom stereocenters. The lowest BCUT2D eigenvalue weighted by atomic mass is 10.1. The van der Waals surface area contributed by atoms with Gasteiger partial charge in [-0.2, -0.15) is 4.31 Å². The molecule has 1 N–H and O–H groups in total. The lowest BCUT2D eigenvalue weighted by Crippen LogP contribution is -2.40. The molecule has 2 aromatic carbocycles. The summed E-state index contributed by atoms with van der Waals surface area (Å²) < 4.78 is 32.3. The van der Waals surface area contributed by atoms with Crippen molar-refractivity contribution < 1.29 is 17.9 Å². The van der Waals surface area contributed by atoms with Gasteiger partial charge >= 0.3 is 0 Å². The van der Waals surface area contributed by atoms with Crippen LogP contribution in [0.5, 0.6) is 0 Å². The summed E-state index contributed by atoms with van der Waals surface area (Å²) in [6.07, 6.45) is 0. The third-order valence-corrected chi connectivity index (χ3v) is 6.60. The first kappa shape index (κ1) is 19.5. The zero-order valence-corrected chi connectivity index (χ0v) is 16.3. The monoisotopic (exact) mass is 388 g/mol. The molecule has 1 fully saturated rings. The number of morpholine rings is 1. The Balaban J connectivity index is 1.83. The number of aryl methyl sites for hydroxylation is 1. The second-order valence-corrected chi connectivity index (χ2v) is 8.54. The smallest absolute Gasteiger partial charge is 0.252 e. The van der Waals surface area contributed by atoms with Gasteiger partial charge in [0, 0.05) is 18.7 Å². The SMILES string of the molecule is Cc1ccc(S(=O)(=O)N2CCOCC2)cc1C(=O)NC(C)c1ccccc1. The fraction of sp³-hybridized carbons (Fsp3) is 0.350. The molecule has 0 radical (unpaired) electrons. The molecular weight excluding hydrogens is 364 g/mol. The van der Waals surface area contributed by atoms with E-state index in [0.29, 0.717) is 31.9 Å². The minimum atomic E-state index is -3.64. The summed E-state index contributed by atoms with van der Waals surface area (Å²) in [5, 5.41) is 2.94. The molecule has 1 aliphatic rings. The van der Waals surface area contributed by atoms with Gasteiger partial charge in [0.1, 0.15) is 0 Å². The average Bonchev–Trinajstić information content (AvgIpc) is 2.69. The molecule has 0 bridgehead atoms. The second-order valence-electron chi connectivity index (χ2n) is 6.60. The highest BCUT2D eigenvalue weighted by Gasteiger charge is 2.27. The summed E-state index contributed by atoms with van der Waals surface area (Å²) in [7, 11) is -3.64. The molecule has 3 rings (SSSR count). The lowest BCUT2D eigenvalue weighted by Gasteiger charge is -2.26.